The lowest BCUT2D eigenvalue weighted by atomic mass is 9.94. The Balaban J connectivity index is 2.40. The molecule has 0 atom stereocenters. The Morgan fingerprint density at radius 1 is 1.25 bits per heavy atom. The summed E-state index contributed by atoms with van der Waals surface area (Å²) in [5.41, 5.74) is 0. The number of hydrogen-bond acceptors (Lipinski definition) is 3. The third kappa shape index (κ3) is 2.86. The van der Waals surface area contributed by atoms with Crippen LogP contribution in [-0.2, 0) is 0 Å². The van der Waals surface area contributed by atoms with Crippen LogP contribution < -0.4 is 0 Å². The first-order chi connectivity index (χ1) is 5.75. The van der Waals surface area contributed by atoms with Crippen LogP contribution in [0, 0.1) is 0 Å². The molecule has 0 aromatic carbocycles. The van der Waals surface area contributed by atoms with Gasteiger partial charge in [-0.3, -0.25) is 4.90 Å². The quantitative estimate of drug-likeness (QED) is 0.529. The molecule has 1 aliphatic carbocycles. The van der Waals surface area contributed by atoms with E-state index in [9.17, 15) is 0 Å². The maximum atomic E-state index is 4.37. The standard InChI is InChI=1S/C9H19NS2/c1-2-10(9(11)12)8-6-4-3-5-7-8/h8-9,11-12H,2-7H2,1H3. The minimum atomic E-state index is 0.123. The van der Waals surface area contributed by atoms with E-state index in [4.69, 9.17) is 0 Å². The van der Waals surface area contributed by atoms with Gasteiger partial charge in [-0.1, -0.05) is 26.2 Å². The van der Waals surface area contributed by atoms with E-state index in [0.717, 1.165) is 12.6 Å². The number of hydrogen-bond donors (Lipinski definition) is 2. The van der Waals surface area contributed by atoms with Crippen LogP contribution in [0.2, 0.25) is 0 Å². The highest BCUT2D eigenvalue weighted by atomic mass is 32.2. The molecule has 72 valence electrons. The molecule has 3 heteroatoms. The highest BCUT2D eigenvalue weighted by Crippen LogP contribution is 2.25. The summed E-state index contributed by atoms with van der Waals surface area (Å²) in [5.74, 6) is 0. The normalized spacial score (nSPS) is 20.8. The molecule has 1 saturated carbocycles. The number of thiol groups is 2. The smallest absolute Gasteiger partial charge is 0.0971 e. The lowest BCUT2D eigenvalue weighted by Crippen LogP contribution is -2.39. The second-order valence-electron chi connectivity index (χ2n) is 3.47. The number of rotatable bonds is 3. The Labute approximate surface area is 86.7 Å². The van der Waals surface area contributed by atoms with Crippen molar-refractivity contribution >= 4 is 25.3 Å². The molecule has 1 rings (SSSR count). The van der Waals surface area contributed by atoms with Gasteiger partial charge >= 0.3 is 0 Å². The van der Waals surface area contributed by atoms with E-state index in [1.165, 1.54) is 32.1 Å². The Morgan fingerprint density at radius 3 is 2.25 bits per heavy atom. The molecule has 0 radical (unpaired) electrons. The van der Waals surface area contributed by atoms with Crippen molar-refractivity contribution in [2.45, 2.75) is 49.8 Å². The fourth-order valence-corrected chi connectivity index (χ4v) is 2.73. The van der Waals surface area contributed by atoms with Gasteiger partial charge in [0.05, 0.1) is 4.71 Å². The van der Waals surface area contributed by atoms with E-state index in [0.29, 0.717) is 0 Å². The van der Waals surface area contributed by atoms with Gasteiger partial charge in [-0.25, -0.2) is 0 Å². The highest BCUT2D eigenvalue weighted by Gasteiger charge is 2.22. The SMILES string of the molecule is CCN(C(S)S)C1CCCCC1. The largest absolute Gasteiger partial charge is 0.281 e. The first-order valence-corrected chi connectivity index (χ1v) is 5.91. The van der Waals surface area contributed by atoms with Crippen molar-refractivity contribution in [2.24, 2.45) is 0 Å². The highest BCUT2D eigenvalue weighted by molar-refractivity contribution is 7.99. The van der Waals surface area contributed by atoms with Crippen molar-refractivity contribution in [3.8, 4) is 0 Å². The molecular formula is C9H19NS2. The predicted molar refractivity (Wildman–Crippen MR) is 61.0 cm³/mol. The molecule has 0 saturated heterocycles. The van der Waals surface area contributed by atoms with Crippen LogP contribution >= 0.6 is 25.3 Å². The maximum absolute atomic E-state index is 4.37. The van der Waals surface area contributed by atoms with Crippen molar-refractivity contribution in [1.29, 1.82) is 0 Å². The summed E-state index contributed by atoms with van der Waals surface area (Å²) >= 11 is 8.75. The summed E-state index contributed by atoms with van der Waals surface area (Å²) in [6, 6.07) is 0.740. The van der Waals surface area contributed by atoms with E-state index >= 15 is 0 Å². The molecule has 0 aromatic rings. The van der Waals surface area contributed by atoms with Crippen LogP contribution in [0.15, 0.2) is 0 Å². The molecule has 0 aromatic heterocycles. The summed E-state index contributed by atoms with van der Waals surface area (Å²) in [7, 11) is 0. The molecule has 12 heavy (non-hydrogen) atoms. The van der Waals surface area contributed by atoms with E-state index < -0.39 is 0 Å². The van der Waals surface area contributed by atoms with Gasteiger partial charge in [0.15, 0.2) is 0 Å². The first-order valence-electron chi connectivity index (χ1n) is 4.87. The minimum Gasteiger partial charge on any atom is -0.281 e. The van der Waals surface area contributed by atoms with Crippen LogP contribution in [0.3, 0.4) is 0 Å². The van der Waals surface area contributed by atoms with E-state index in [1.54, 1.807) is 0 Å². The van der Waals surface area contributed by atoms with E-state index in [2.05, 4.69) is 37.1 Å². The van der Waals surface area contributed by atoms with Gasteiger partial charge in [-0.05, 0) is 19.4 Å². The van der Waals surface area contributed by atoms with Crippen LogP contribution in [0.25, 0.3) is 0 Å². The van der Waals surface area contributed by atoms with Gasteiger partial charge < -0.3 is 0 Å². The molecule has 0 aliphatic heterocycles. The fourth-order valence-electron chi connectivity index (χ4n) is 2.02. The first kappa shape index (κ1) is 10.7. The molecule has 0 unspecified atom stereocenters. The Kier molecular flexibility index (Phi) is 4.84. The van der Waals surface area contributed by atoms with E-state index in [-0.39, 0.29) is 4.71 Å². The summed E-state index contributed by atoms with van der Waals surface area (Å²) in [5, 5.41) is 0. The molecular weight excluding hydrogens is 186 g/mol. The van der Waals surface area contributed by atoms with E-state index in [1.807, 2.05) is 0 Å². The zero-order chi connectivity index (χ0) is 8.97. The second-order valence-corrected chi connectivity index (χ2v) is 4.85. The number of nitrogens with zero attached hydrogens (tertiary/aromatic N) is 1. The van der Waals surface area contributed by atoms with Gasteiger partial charge in [0.1, 0.15) is 0 Å². The van der Waals surface area contributed by atoms with Gasteiger partial charge in [-0.15, -0.1) is 25.3 Å². The third-order valence-electron chi connectivity index (χ3n) is 2.71. The van der Waals surface area contributed by atoms with Crippen molar-refractivity contribution in [1.82, 2.24) is 4.90 Å². The van der Waals surface area contributed by atoms with Crippen molar-refractivity contribution in [3.63, 3.8) is 0 Å². The van der Waals surface area contributed by atoms with Crippen LogP contribution in [0.1, 0.15) is 39.0 Å². The van der Waals surface area contributed by atoms with Crippen LogP contribution in [0.4, 0.5) is 0 Å². The molecule has 1 nitrogen and oxygen atoms in total. The third-order valence-corrected chi connectivity index (χ3v) is 3.30. The monoisotopic (exact) mass is 205 g/mol. The zero-order valence-corrected chi connectivity index (χ0v) is 9.53. The van der Waals surface area contributed by atoms with Gasteiger partial charge in [0.2, 0.25) is 0 Å². The topological polar surface area (TPSA) is 3.24 Å². The molecule has 1 fully saturated rings. The Morgan fingerprint density at radius 2 is 1.83 bits per heavy atom. The Hall–Kier alpha value is 0.660. The van der Waals surface area contributed by atoms with Crippen molar-refractivity contribution < 1.29 is 0 Å². The van der Waals surface area contributed by atoms with Gasteiger partial charge in [0, 0.05) is 6.04 Å². The average Bonchev–Trinajstić information content (AvgIpc) is 2.07. The molecule has 0 N–H and O–H groups in total. The average molecular weight is 205 g/mol. The summed E-state index contributed by atoms with van der Waals surface area (Å²) in [6.07, 6.45) is 6.86. The minimum absolute atomic E-state index is 0.123. The molecule has 1 aliphatic rings. The molecule has 0 bridgehead atoms. The van der Waals surface area contributed by atoms with Crippen LogP contribution in [0.5, 0.6) is 0 Å². The Bertz CT molecular complexity index is 122. The summed E-state index contributed by atoms with van der Waals surface area (Å²) < 4.78 is 0.123. The second kappa shape index (κ2) is 5.40. The van der Waals surface area contributed by atoms with Crippen molar-refractivity contribution in [2.75, 3.05) is 6.54 Å². The van der Waals surface area contributed by atoms with Gasteiger partial charge in [0.25, 0.3) is 0 Å². The zero-order valence-electron chi connectivity index (χ0n) is 7.74. The maximum Gasteiger partial charge on any atom is 0.0971 e. The summed E-state index contributed by atoms with van der Waals surface area (Å²) in [4.78, 5) is 2.38. The van der Waals surface area contributed by atoms with Gasteiger partial charge in [-0.2, -0.15) is 0 Å². The van der Waals surface area contributed by atoms with Crippen LogP contribution in [-0.4, -0.2) is 22.2 Å². The predicted octanol–water partition coefficient (Wildman–Crippen LogP) is 2.78. The molecule has 0 spiro atoms. The molecule has 0 heterocycles. The lowest BCUT2D eigenvalue weighted by Gasteiger charge is -2.35. The lowest BCUT2D eigenvalue weighted by molar-refractivity contribution is 0.182. The summed E-state index contributed by atoms with van der Waals surface area (Å²) in [6.45, 7) is 3.26. The fraction of sp³-hybridized carbons (Fsp3) is 1.00. The van der Waals surface area contributed by atoms with Crippen molar-refractivity contribution in [3.05, 3.63) is 0 Å². The molecule has 0 amide bonds.